The molecule has 0 saturated carbocycles. The van der Waals surface area contributed by atoms with Crippen molar-refractivity contribution in [1.29, 1.82) is 0 Å². The average Bonchev–Trinajstić information content (AvgIpc) is 3.38. The van der Waals surface area contributed by atoms with Gasteiger partial charge < -0.3 is 4.81 Å². The topological polar surface area (TPSA) is 3.24 Å². The van der Waals surface area contributed by atoms with Gasteiger partial charge in [0, 0.05) is 42.7 Å². The lowest BCUT2D eigenvalue weighted by Crippen LogP contribution is -2.59. The predicted octanol–water partition coefficient (Wildman–Crippen LogP) is 8.63. The first-order chi connectivity index (χ1) is 19.3. The van der Waals surface area contributed by atoms with E-state index in [1.807, 2.05) is 11.3 Å². The molecule has 9 rings (SSSR count). The number of hydrogen-bond donors (Lipinski definition) is 0. The van der Waals surface area contributed by atoms with Gasteiger partial charge in [-0.2, -0.15) is 0 Å². The molecule has 0 amide bonds. The van der Waals surface area contributed by atoms with Crippen LogP contribution in [0.4, 0.5) is 11.4 Å². The molecule has 39 heavy (non-hydrogen) atoms. The molecule has 0 aliphatic carbocycles. The smallest absolute Gasteiger partial charge is 0.329 e. The molecule has 0 saturated heterocycles. The molecule has 6 aromatic carbocycles. The molecule has 0 fully saturated rings. The third-order valence-electron chi connectivity index (χ3n) is 8.48. The van der Waals surface area contributed by atoms with Crippen LogP contribution in [0, 0.1) is 0 Å². The van der Waals surface area contributed by atoms with Gasteiger partial charge in [0.25, 0.3) is 0 Å². The number of anilines is 2. The number of fused-ring (bicyclic) bond motifs is 14. The molecule has 7 aromatic rings. The maximum atomic E-state index is 2.58. The van der Waals surface area contributed by atoms with Crippen molar-refractivity contribution in [2.24, 2.45) is 0 Å². The first-order valence-corrected chi connectivity index (χ1v) is 14.3. The van der Waals surface area contributed by atoms with Crippen LogP contribution in [0.2, 0.25) is 0 Å². The van der Waals surface area contributed by atoms with Crippen molar-refractivity contribution in [2.75, 3.05) is 4.81 Å². The molecule has 0 unspecified atom stereocenters. The quantitative estimate of drug-likeness (QED) is 0.200. The lowest BCUT2D eigenvalue weighted by Gasteiger charge is -2.43. The molecule has 0 radical (unpaired) electrons. The van der Waals surface area contributed by atoms with Crippen LogP contribution in [-0.4, -0.2) is 6.85 Å². The first kappa shape index (κ1) is 21.4. The van der Waals surface area contributed by atoms with Crippen LogP contribution in [0.25, 0.3) is 53.6 Å². The number of para-hydroxylation sites is 1. The van der Waals surface area contributed by atoms with E-state index in [9.17, 15) is 0 Å². The fraction of sp³-hybridized carbons (Fsp3) is 0. The third kappa shape index (κ3) is 2.97. The van der Waals surface area contributed by atoms with Gasteiger partial charge in [0.2, 0.25) is 0 Å². The monoisotopic (exact) mass is 511 g/mol. The maximum absolute atomic E-state index is 2.58. The summed E-state index contributed by atoms with van der Waals surface area (Å²) in [7, 11) is 0. The zero-order valence-corrected chi connectivity index (χ0v) is 22.0. The lowest BCUT2D eigenvalue weighted by molar-refractivity contribution is 1.35. The summed E-state index contributed by atoms with van der Waals surface area (Å²) in [5.41, 5.74) is 13.0. The highest BCUT2D eigenvalue weighted by Crippen LogP contribution is 2.47. The summed E-state index contributed by atoms with van der Waals surface area (Å²) in [6, 6.07) is 49.5. The molecule has 0 spiro atoms. The molecule has 3 heterocycles. The van der Waals surface area contributed by atoms with E-state index in [1.54, 1.807) is 0 Å². The van der Waals surface area contributed by atoms with E-state index in [0.717, 1.165) is 0 Å². The van der Waals surface area contributed by atoms with Crippen molar-refractivity contribution in [2.45, 2.75) is 0 Å². The average molecular weight is 511 g/mol. The van der Waals surface area contributed by atoms with Gasteiger partial charge in [0.05, 0.1) is 0 Å². The Labute approximate surface area is 231 Å². The first-order valence-electron chi connectivity index (χ1n) is 13.5. The van der Waals surface area contributed by atoms with Crippen molar-refractivity contribution < 1.29 is 0 Å². The SMILES string of the molecule is c1ccc2c(c1)B1c3ccccc3-c3ccc(-c4ccc5sc6ccccc6c5c4)cc3N1c1ccccc1-2. The second kappa shape index (κ2) is 7.95. The van der Waals surface area contributed by atoms with Gasteiger partial charge in [-0.1, -0.05) is 103 Å². The Balaban J connectivity index is 1.31. The van der Waals surface area contributed by atoms with Gasteiger partial charge in [0.15, 0.2) is 0 Å². The van der Waals surface area contributed by atoms with Gasteiger partial charge in [-0.05, 0) is 63.5 Å². The normalized spacial score (nSPS) is 13.0. The highest BCUT2D eigenvalue weighted by atomic mass is 32.1. The fourth-order valence-corrected chi connectivity index (χ4v) is 7.86. The van der Waals surface area contributed by atoms with E-state index in [-0.39, 0.29) is 6.85 Å². The molecule has 3 heteroatoms. The van der Waals surface area contributed by atoms with Crippen molar-refractivity contribution >= 4 is 60.7 Å². The van der Waals surface area contributed by atoms with Crippen molar-refractivity contribution in [3.8, 4) is 33.4 Å². The van der Waals surface area contributed by atoms with Crippen LogP contribution in [0.1, 0.15) is 0 Å². The van der Waals surface area contributed by atoms with E-state index in [4.69, 9.17) is 0 Å². The zero-order valence-electron chi connectivity index (χ0n) is 21.1. The Kier molecular flexibility index (Phi) is 4.35. The van der Waals surface area contributed by atoms with Crippen LogP contribution in [0.5, 0.6) is 0 Å². The lowest BCUT2D eigenvalue weighted by atomic mass is 9.43. The van der Waals surface area contributed by atoms with Gasteiger partial charge >= 0.3 is 6.85 Å². The van der Waals surface area contributed by atoms with Gasteiger partial charge in [-0.3, -0.25) is 0 Å². The molecule has 1 aromatic heterocycles. The Morgan fingerprint density at radius 1 is 0.436 bits per heavy atom. The number of nitrogens with zero attached hydrogens (tertiary/aromatic N) is 1. The molecule has 1 nitrogen and oxygen atoms in total. The Morgan fingerprint density at radius 3 is 1.85 bits per heavy atom. The molecule has 0 atom stereocenters. The van der Waals surface area contributed by atoms with Crippen molar-refractivity contribution in [1.82, 2.24) is 0 Å². The van der Waals surface area contributed by atoms with Crippen LogP contribution < -0.4 is 15.7 Å². The predicted molar refractivity (Wildman–Crippen MR) is 169 cm³/mol. The standard InChI is InChI=1S/C36H22BNS/c1-5-13-31-25(9-1)27-11-3-7-15-33(27)38-34-22-24(17-19-28(34)26-10-2-6-14-32(26)37(31)38)23-18-20-36-30(21-23)29-12-4-8-16-35(29)39-36/h1-22H. The molecule has 0 N–H and O–H groups in total. The maximum Gasteiger partial charge on any atom is 0.329 e. The van der Waals surface area contributed by atoms with Crippen molar-refractivity contribution in [3.05, 3.63) is 133 Å². The van der Waals surface area contributed by atoms with Crippen molar-refractivity contribution in [3.63, 3.8) is 0 Å². The summed E-state index contributed by atoms with van der Waals surface area (Å²) in [6.45, 7) is 0.137. The summed E-state index contributed by atoms with van der Waals surface area (Å²) in [6.07, 6.45) is 0. The highest BCUT2D eigenvalue weighted by molar-refractivity contribution is 7.25. The van der Waals surface area contributed by atoms with Gasteiger partial charge in [-0.25, -0.2) is 0 Å². The number of rotatable bonds is 1. The van der Waals surface area contributed by atoms with E-state index in [1.165, 1.54) is 75.9 Å². The minimum Gasteiger partial charge on any atom is -0.376 e. The van der Waals surface area contributed by atoms with Crippen LogP contribution in [0.15, 0.2) is 133 Å². The van der Waals surface area contributed by atoms with Crippen LogP contribution >= 0.6 is 11.3 Å². The Hall–Kier alpha value is -4.60. The Morgan fingerprint density at radius 2 is 1.03 bits per heavy atom. The summed E-state index contributed by atoms with van der Waals surface area (Å²) >= 11 is 1.87. The van der Waals surface area contributed by atoms with E-state index < -0.39 is 0 Å². The highest BCUT2D eigenvalue weighted by Gasteiger charge is 2.41. The molecular weight excluding hydrogens is 489 g/mol. The van der Waals surface area contributed by atoms with Crippen LogP contribution in [0.3, 0.4) is 0 Å². The number of thiophene rings is 1. The summed E-state index contributed by atoms with van der Waals surface area (Å²) in [5.74, 6) is 0. The van der Waals surface area contributed by atoms with Gasteiger partial charge in [0.1, 0.15) is 0 Å². The van der Waals surface area contributed by atoms with Crippen LogP contribution in [-0.2, 0) is 0 Å². The summed E-state index contributed by atoms with van der Waals surface area (Å²) < 4.78 is 2.69. The number of hydrogen-bond acceptors (Lipinski definition) is 2. The minimum absolute atomic E-state index is 0.137. The van der Waals surface area contributed by atoms with Gasteiger partial charge in [-0.15, -0.1) is 11.3 Å². The second-order valence-corrected chi connectivity index (χ2v) is 11.6. The Bertz CT molecular complexity index is 2110. The minimum atomic E-state index is 0.137. The van der Waals surface area contributed by atoms with E-state index in [0.29, 0.717) is 0 Å². The molecule has 2 aliphatic rings. The molecule has 180 valence electrons. The molecular formula is C36H22BNS. The zero-order chi connectivity index (χ0) is 25.5. The summed E-state index contributed by atoms with van der Waals surface area (Å²) in [5, 5.41) is 2.68. The molecule has 2 aliphatic heterocycles. The molecule has 0 bridgehead atoms. The number of benzene rings is 6. The third-order valence-corrected chi connectivity index (χ3v) is 9.63. The summed E-state index contributed by atoms with van der Waals surface area (Å²) in [4.78, 5) is 2.58. The van der Waals surface area contributed by atoms with E-state index in [2.05, 4.69) is 138 Å². The largest absolute Gasteiger partial charge is 0.376 e. The second-order valence-electron chi connectivity index (χ2n) is 10.5. The van der Waals surface area contributed by atoms with E-state index >= 15 is 0 Å². The fourth-order valence-electron chi connectivity index (χ4n) is 6.77.